The van der Waals surface area contributed by atoms with E-state index in [2.05, 4.69) is 22.5 Å². The van der Waals surface area contributed by atoms with Gasteiger partial charge in [-0.25, -0.2) is 4.98 Å². The maximum atomic E-state index is 12.5. The van der Waals surface area contributed by atoms with Crippen LogP contribution in [0.2, 0.25) is 0 Å². The number of fused-ring (bicyclic) bond motifs is 3. The maximum absolute atomic E-state index is 12.5. The molecule has 2 aromatic rings. The van der Waals surface area contributed by atoms with Crippen molar-refractivity contribution in [2.24, 2.45) is 0 Å². The second-order valence-electron chi connectivity index (χ2n) is 5.25. The number of hydrogen-bond acceptors (Lipinski definition) is 2. The minimum absolute atomic E-state index is 0.0706. The molecule has 0 spiro atoms. The van der Waals surface area contributed by atoms with E-state index in [0.29, 0.717) is 6.54 Å². The third kappa shape index (κ3) is 1.67. The fourth-order valence-corrected chi connectivity index (χ4v) is 2.61. The minimum atomic E-state index is 0.0706. The van der Waals surface area contributed by atoms with E-state index >= 15 is 0 Å². The number of carbonyl (C=O) groups is 1. The first kappa shape index (κ1) is 12.0. The van der Waals surface area contributed by atoms with Crippen LogP contribution in [0.25, 0.3) is 5.69 Å². The van der Waals surface area contributed by atoms with Crippen molar-refractivity contribution in [1.29, 1.82) is 0 Å². The molecule has 4 heteroatoms. The smallest absolute Gasteiger partial charge is 0.256 e. The Morgan fingerprint density at radius 1 is 1.16 bits per heavy atom. The number of benzene rings is 1. The van der Waals surface area contributed by atoms with Crippen molar-refractivity contribution in [2.45, 2.75) is 27.3 Å². The average Bonchev–Trinajstić information content (AvgIpc) is 2.68. The molecule has 0 bridgehead atoms. The molecule has 0 aliphatic carbocycles. The normalized spacial score (nSPS) is 14.1. The Morgan fingerprint density at radius 2 is 1.84 bits per heavy atom. The topological polar surface area (TPSA) is 38.1 Å². The van der Waals surface area contributed by atoms with Gasteiger partial charge >= 0.3 is 0 Å². The third-order valence-corrected chi connectivity index (χ3v) is 3.84. The summed E-state index contributed by atoms with van der Waals surface area (Å²) in [4.78, 5) is 18.6. The summed E-state index contributed by atoms with van der Waals surface area (Å²) in [6.45, 7) is 6.67. The maximum Gasteiger partial charge on any atom is 0.256 e. The van der Waals surface area contributed by atoms with Crippen LogP contribution in [0.4, 0.5) is 0 Å². The van der Waals surface area contributed by atoms with Gasteiger partial charge in [0.15, 0.2) is 0 Å². The van der Waals surface area contributed by atoms with E-state index in [-0.39, 0.29) is 5.91 Å². The Labute approximate surface area is 112 Å². The van der Waals surface area contributed by atoms with Gasteiger partial charge in [-0.05, 0) is 44.0 Å². The highest BCUT2D eigenvalue weighted by Crippen LogP contribution is 2.27. The van der Waals surface area contributed by atoms with Gasteiger partial charge in [0.2, 0.25) is 0 Å². The highest BCUT2D eigenvalue weighted by Gasteiger charge is 2.25. The molecule has 1 aromatic heterocycles. The Hall–Kier alpha value is -2.10. The monoisotopic (exact) mass is 255 g/mol. The number of rotatable bonds is 0. The van der Waals surface area contributed by atoms with E-state index in [1.54, 1.807) is 4.90 Å². The van der Waals surface area contributed by atoms with Crippen molar-refractivity contribution in [1.82, 2.24) is 14.5 Å². The van der Waals surface area contributed by atoms with Gasteiger partial charge in [-0.3, -0.25) is 9.36 Å². The molecule has 1 aromatic carbocycles. The largest absolute Gasteiger partial charge is 0.336 e. The summed E-state index contributed by atoms with van der Waals surface area (Å²) in [6, 6.07) is 4.07. The molecule has 1 aliphatic rings. The van der Waals surface area contributed by atoms with Crippen molar-refractivity contribution in [3.63, 3.8) is 0 Å². The highest BCUT2D eigenvalue weighted by atomic mass is 16.2. The van der Waals surface area contributed by atoms with E-state index in [9.17, 15) is 4.79 Å². The molecular weight excluding hydrogens is 238 g/mol. The summed E-state index contributed by atoms with van der Waals surface area (Å²) in [6.07, 6.45) is 1.85. The second kappa shape index (κ2) is 3.95. The predicted octanol–water partition coefficient (Wildman–Crippen LogP) is 2.38. The van der Waals surface area contributed by atoms with Gasteiger partial charge in [0.1, 0.15) is 5.82 Å². The van der Waals surface area contributed by atoms with Crippen LogP contribution in [-0.4, -0.2) is 27.4 Å². The number of nitrogens with zero attached hydrogens (tertiary/aromatic N) is 3. The summed E-state index contributed by atoms with van der Waals surface area (Å²) in [5, 5.41) is 0. The standard InChI is InChI=1S/C15H17N3O/c1-9-5-13-14(6-10(9)2)18-11(3)16-7-12(18)8-17(4)15(13)19/h5-7H,8H2,1-4H3. The molecule has 19 heavy (non-hydrogen) atoms. The molecule has 0 saturated carbocycles. The molecule has 0 saturated heterocycles. The lowest BCUT2D eigenvalue weighted by atomic mass is 10.0. The predicted molar refractivity (Wildman–Crippen MR) is 73.6 cm³/mol. The first-order valence-electron chi connectivity index (χ1n) is 6.39. The lowest BCUT2D eigenvalue weighted by Gasteiger charge is -2.14. The van der Waals surface area contributed by atoms with Crippen molar-refractivity contribution < 1.29 is 4.79 Å². The highest BCUT2D eigenvalue weighted by molar-refractivity contribution is 5.98. The van der Waals surface area contributed by atoms with Gasteiger partial charge in [0.25, 0.3) is 5.91 Å². The molecule has 3 rings (SSSR count). The number of hydrogen-bond donors (Lipinski definition) is 0. The first-order chi connectivity index (χ1) is 8.99. The SMILES string of the molecule is Cc1cc2c(cc1C)-n1c(cnc1C)CN(C)C2=O. The molecule has 1 amide bonds. The third-order valence-electron chi connectivity index (χ3n) is 3.84. The first-order valence-corrected chi connectivity index (χ1v) is 6.39. The molecule has 1 aliphatic heterocycles. The molecule has 0 fully saturated rings. The van der Waals surface area contributed by atoms with Gasteiger partial charge in [0.05, 0.1) is 29.7 Å². The zero-order chi connectivity index (χ0) is 13.7. The van der Waals surface area contributed by atoms with Crippen molar-refractivity contribution in [2.75, 3.05) is 7.05 Å². The number of aryl methyl sites for hydroxylation is 3. The lowest BCUT2D eigenvalue weighted by Crippen LogP contribution is -2.25. The molecular formula is C15H17N3O. The molecule has 4 nitrogen and oxygen atoms in total. The Kier molecular flexibility index (Phi) is 2.49. The molecule has 0 radical (unpaired) electrons. The molecule has 2 heterocycles. The van der Waals surface area contributed by atoms with Crippen LogP contribution in [0, 0.1) is 20.8 Å². The zero-order valence-electron chi connectivity index (χ0n) is 11.7. The van der Waals surface area contributed by atoms with E-state index in [0.717, 1.165) is 28.3 Å². The van der Waals surface area contributed by atoms with E-state index < -0.39 is 0 Å². The number of carbonyl (C=O) groups excluding carboxylic acids is 1. The van der Waals surface area contributed by atoms with Crippen molar-refractivity contribution >= 4 is 5.91 Å². The molecule has 0 unspecified atom stereocenters. The van der Waals surface area contributed by atoms with Crippen LogP contribution in [0.3, 0.4) is 0 Å². The summed E-state index contributed by atoms with van der Waals surface area (Å²) >= 11 is 0. The Balaban J connectivity index is 2.38. The fraction of sp³-hybridized carbons (Fsp3) is 0.333. The summed E-state index contributed by atoms with van der Waals surface area (Å²) < 4.78 is 2.09. The molecule has 0 N–H and O–H groups in total. The average molecular weight is 255 g/mol. The van der Waals surface area contributed by atoms with E-state index in [1.807, 2.05) is 33.2 Å². The zero-order valence-corrected chi connectivity index (χ0v) is 11.7. The van der Waals surface area contributed by atoms with Crippen LogP contribution in [-0.2, 0) is 6.54 Å². The summed E-state index contributed by atoms with van der Waals surface area (Å²) in [7, 11) is 1.83. The minimum Gasteiger partial charge on any atom is -0.336 e. The van der Waals surface area contributed by atoms with Crippen molar-refractivity contribution in [3.05, 3.63) is 46.5 Å². The van der Waals surface area contributed by atoms with E-state index in [1.165, 1.54) is 5.56 Å². The van der Waals surface area contributed by atoms with Crippen LogP contribution < -0.4 is 0 Å². The van der Waals surface area contributed by atoms with Crippen LogP contribution in [0.5, 0.6) is 0 Å². The van der Waals surface area contributed by atoms with Crippen LogP contribution in [0.1, 0.15) is 33.0 Å². The van der Waals surface area contributed by atoms with Crippen LogP contribution in [0.15, 0.2) is 18.3 Å². The second-order valence-corrected chi connectivity index (χ2v) is 5.25. The van der Waals surface area contributed by atoms with Gasteiger partial charge < -0.3 is 4.90 Å². The molecule has 0 atom stereocenters. The lowest BCUT2D eigenvalue weighted by molar-refractivity contribution is 0.0788. The van der Waals surface area contributed by atoms with Gasteiger partial charge in [-0.15, -0.1) is 0 Å². The van der Waals surface area contributed by atoms with Gasteiger partial charge in [-0.2, -0.15) is 0 Å². The summed E-state index contributed by atoms with van der Waals surface area (Å²) in [5.74, 6) is 0.990. The Morgan fingerprint density at radius 3 is 2.58 bits per heavy atom. The van der Waals surface area contributed by atoms with Crippen LogP contribution >= 0.6 is 0 Å². The number of imidazole rings is 1. The molecule has 98 valence electrons. The number of amides is 1. The van der Waals surface area contributed by atoms with Crippen molar-refractivity contribution in [3.8, 4) is 5.69 Å². The summed E-state index contributed by atoms with van der Waals surface area (Å²) in [5.41, 5.74) is 5.08. The Bertz CT molecular complexity index is 685. The van der Waals surface area contributed by atoms with Gasteiger partial charge in [-0.1, -0.05) is 0 Å². The fourth-order valence-electron chi connectivity index (χ4n) is 2.61. The number of aromatic nitrogens is 2. The quantitative estimate of drug-likeness (QED) is 0.725. The van der Waals surface area contributed by atoms with E-state index in [4.69, 9.17) is 0 Å². The van der Waals surface area contributed by atoms with Gasteiger partial charge in [0, 0.05) is 7.05 Å².